The van der Waals surface area contributed by atoms with Gasteiger partial charge in [0.2, 0.25) is 0 Å². The van der Waals surface area contributed by atoms with Gasteiger partial charge in [0, 0.05) is 23.7 Å². The largest absolute Gasteiger partial charge is 0.299 e. The van der Waals surface area contributed by atoms with Crippen LogP contribution in [0.3, 0.4) is 0 Å². The smallest absolute Gasteiger partial charge is 0.140 e. The van der Waals surface area contributed by atoms with Crippen molar-refractivity contribution >= 4 is 11.6 Å². The van der Waals surface area contributed by atoms with Crippen LogP contribution < -0.4 is 0 Å². The van der Waals surface area contributed by atoms with Crippen LogP contribution in [0.4, 0.5) is 8.78 Å². The van der Waals surface area contributed by atoms with Crippen molar-refractivity contribution in [3.05, 3.63) is 0 Å². The first kappa shape index (κ1) is 15.5. The van der Waals surface area contributed by atoms with Crippen molar-refractivity contribution in [2.75, 3.05) is 0 Å². The van der Waals surface area contributed by atoms with Gasteiger partial charge in [-0.05, 0) is 75.0 Å². The standard InChI is InChI=1S/C20H26F2O2/c21-9-1-3-11-12-5-6-14-17(18(12)20(24)15(11)7-9)13-4-2-10(22)8-16(13)19(14)23/h9-18H,1-8H2. The fourth-order valence-electron chi connectivity index (χ4n) is 7.49. The topological polar surface area (TPSA) is 34.1 Å². The van der Waals surface area contributed by atoms with Gasteiger partial charge < -0.3 is 0 Å². The fourth-order valence-corrected chi connectivity index (χ4v) is 7.49. The summed E-state index contributed by atoms with van der Waals surface area (Å²) in [5, 5.41) is 0. The van der Waals surface area contributed by atoms with E-state index < -0.39 is 12.3 Å². The van der Waals surface area contributed by atoms with Crippen molar-refractivity contribution in [3.63, 3.8) is 0 Å². The monoisotopic (exact) mass is 336 g/mol. The van der Waals surface area contributed by atoms with E-state index in [1.807, 2.05) is 0 Å². The summed E-state index contributed by atoms with van der Waals surface area (Å²) in [6.07, 6.45) is 3.67. The summed E-state index contributed by atoms with van der Waals surface area (Å²) in [4.78, 5) is 26.0. The first-order chi connectivity index (χ1) is 11.6. The number of carbonyl (C=O) groups excluding carboxylic acids is 2. The Morgan fingerprint density at radius 2 is 1.21 bits per heavy atom. The van der Waals surface area contributed by atoms with E-state index in [0.29, 0.717) is 37.5 Å². The lowest BCUT2D eigenvalue weighted by Crippen LogP contribution is -2.38. The highest BCUT2D eigenvalue weighted by Gasteiger charge is 2.63. The van der Waals surface area contributed by atoms with Gasteiger partial charge in [-0.25, -0.2) is 8.78 Å². The molecule has 10 unspecified atom stereocenters. The minimum absolute atomic E-state index is 0.0168. The minimum atomic E-state index is -0.847. The summed E-state index contributed by atoms with van der Waals surface area (Å²) in [6.45, 7) is 0. The Hall–Kier alpha value is -0.800. The van der Waals surface area contributed by atoms with Crippen molar-refractivity contribution in [1.82, 2.24) is 0 Å². The van der Waals surface area contributed by atoms with Gasteiger partial charge in [0.1, 0.15) is 23.9 Å². The first-order valence-electron chi connectivity index (χ1n) is 9.92. The Morgan fingerprint density at radius 3 is 1.92 bits per heavy atom. The van der Waals surface area contributed by atoms with Gasteiger partial charge in [-0.1, -0.05) is 0 Å². The molecule has 5 fully saturated rings. The second-order valence-corrected chi connectivity index (χ2v) is 9.12. The lowest BCUT2D eigenvalue weighted by atomic mass is 9.63. The number of hydrogen-bond acceptors (Lipinski definition) is 2. The maximum atomic E-state index is 13.9. The molecule has 0 aliphatic heterocycles. The van der Waals surface area contributed by atoms with Crippen LogP contribution in [0.15, 0.2) is 0 Å². The third-order valence-corrected chi connectivity index (χ3v) is 8.30. The predicted molar refractivity (Wildman–Crippen MR) is 84.7 cm³/mol. The molecule has 0 radical (unpaired) electrons. The fraction of sp³-hybridized carbons (Fsp3) is 0.900. The molecule has 0 N–H and O–H groups in total. The van der Waals surface area contributed by atoms with Crippen LogP contribution in [0.2, 0.25) is 0 Å². The number of fused-ring (bicyclic) bond motifs is 7. The van der Waals surface area contributed by atoms with Gasteiger partial charge in [-0.15, -0.1) is 0 Å². The summed E-state index contributed by atoms with van der Waals surface area (Å²) in [5.74, 6) is 1.29. The zero-order valence-corrected chi connectivity index (χ0v) is 14.0. The van der Waals surface area contributed by atoms with E-state index >= 15 is 0 Å². The Balaban J connectivity index is 1.48. The van der Waals surface area contributed by atoms with Crippen molar-refractivity contribution < 1.29 is 18.4 Å². The zero-order valence-electron chi connectivity index (χ0n) is 14.0. The average molecular weight is 336 g/mol. The number of Topliss-reactive ketones (excluding diaryl/α,β-unsaturated/α-hetero) is 2. The molecular formula is C20H26F2O2. The number of hydrogen-bond donors (Lipinski definition) is 0. The first-order valence-corrected chi connectivity index (χ1v) is 9.92. The normalized spacial score (nSPS) is 56.4. The second-order valence-electron chi connectivity index (χ2n) is 9.12. The SMILES string of the molecule is O=C1C2CC(F)CCC2C2C1CCC1C3CCC(F)CC3C(=O)C12. The Bertz CT molecular complexity index is 576. The number of alkyl halides is 2. The van der Waals surface area contributed by atoms with Gasteiger partial charge in [0.25, 0.3) is 0 Å². The molecule has 0 amide bonds. The molecule has 5 rings (SSSR count). The molecular weight excluding hydrogens is 310 g/mol. The average Bonchev–Trinajstić information content (AvgIpc) is 3.01. The molecule has 0 aromatic carbocycles. The minimum Gasteiger partial charge on any atom is -0.299 e. The molecule has 24 heavy (non-hydrogen) atoms. The number of rotatable bonds is 0. The van der Waals surface area contributed by atoms with Crippen molar-refractivity contribution in [2.45, 2.75) is 63.7 Å². The Morgan fingerprint density at radius 1 is 0.625 bits per heavy atom. The van der Waals surface area contributed by atoms with E-state index in [1.165, 1.54) is 0 Å². The third-order valence-electron chi connectivity index (χ3n) is 8.30. The molecule has 2 nitrogen and oxygen atoms in total. The zero-order chi connectivity index (χ0) is 16.6. The molecule has 0 bridgehead atoms. The van der Waals surface area contributed by atoms with Crippen LogP contribution in [0, 0.1) is 47.3 Å². The number of carbonyl (C=O) groups is 2. The van der Waals surface area contributed by atoms with Crippen molar-refractivity contribution in [1.29, 1.82) is 0 Å². The molecule has 5 saturated carbocycles. The highest BCUT2D eigenvalue weighted by molar-refractivity contribution is 5.92. The maximum absolute atomic E-state index is 13.9. The van der Waals surface area contributed by atoms with E-state index in [9.17, 15) is 18.4 Å². The van der Waals surface area contributed by atoms with Crippen LogP contribution in [0.5, 0.6) is 0 Å². The summed E-state index contributed by atoms with van der Waals surface area (Å²) in [7, 11) is 0. The van der Waals surface area contributed by atoms with Gasteiger partial charge in [0.05, 0.1) is 0 Å². The van der Waals surface area contributed by atoms with E-state index in [4.69, 9.17) is 0 Å². The van der Waals surface area contributed by atoms with Crippen LogP contribution in [0.25, 0.3) is 0 Å². The quantitative estimate of drug-likeness (QED) is 0.672. The Kier molecular flexibility index (Phi) is 3.44. The van der Waals surface area contributed by atoms with Gasteiger partial charge in [0.15, 0.2) is 0 Å². The third kappa shape index (κ3) is 1.97. The highest BCUT2D eigenvalue weighted by atomic mass is 19.1. The summed E-state index contributed by atoms with van der Waals surface area (Å²) < 4.78 is 27.7. The van der Waals surface area contributed by atoms with Crippen molar-refractivity contribution in [3.8, 4) is 0 Å². The van der Waals surface area contributed by atoms with Crippen LogP contribution in [-0.4, -0.2) is 23.9 Å². The van der Waals surface area contributed by atoms with Crippen LogP contribution in [0.1, 0.15) is 51.4 Å². The van der Waals surface area contributed by atoms with E-state index in [0.717, 1.165) is 25.7 Å². The molecule has 0 heterocycles. The molecule has 4 heteroatoms. The summed E-state index contributed by atoms with van der Waals surface area (Å²) in [5.41, 5.74) is 0. The second kappa shape index (κ2) is 5.35. The molecule has 0 spiro atoms. The molecule has 0 saturated heterocycles. The van der Waals surface area contributed by atoms with E-state index in [-0.39, 0.29) is 47.1 Å². The van der Waals surface area contributed by atoms with E-state index in [1.54, 1.807) is 0 Å². The molecule has 10 atom stereocenters. The molecule has 5 aliphatic carbocycles. The summed E-state index contributed by atoms with van der Waals surface area (Å²) >= 11 is 0. The van der Waals surface area contributed by atoms with Crippen molar-refractivity contribution in [2.24, 2.45) is 47.3 Å². The lowest BCUT2D eigenvalue weighted by Gasteiger charge is -2.40. The van der Waals surface area contributed by atoms with Gasteiger partial charge >= 0.3 is 0 Å². The molecule has 0 aromatic heterocycles. The van der Waals surface area contributed by atoms with Gasteiger partial charge in [-0.3, -0.25) is 9.59 Å². The Labute approximate surface area is 141 Å². The summed E-state index contributed by atoms with van der Waals surface area (Å²) in [6, 6.07) is 0. The van der Waals surface area contributed by atoms with E-state index in [2.05, 4.69) is 0 Å². The number of ketones is 2. The highest BCUT2D eigenvalue weighted by Crippen LogP contribution is 2.62. The van der Waals surface area contributed by atoms with Crippen LogP contribution >= 0.6 is 0 Å². The van der Waals surface area contributed by atoms with Crippen LogP contribution in [-0.2, 0) is 9.59 Å². The predicted octanol–water partition coefficient (Wildman–Crippen LogP) is 3.92. The molecule has 5 aliphatic rings. The molecule has 132 valence electrons. The number of halogens is 2. The lowest BCUT2D eigenvalue weighted by molar-refractivity contribution is -0.130. The molecule has 0 aromatic rings. The maximum Gasteiger partial charge on any atom is 0.140 e. The van der Waals surface area contributed by atoms with Gasteiger partial charge in [-0.2, -0.15) is 0 Å².